The van der Waals surface area contributed by atoms with Gasteiger partial charge in [-0.1, -0.05) is 31.9 Å². The number of alkyl halides is 3. The Hall–Kier alpha value is -1.23. The average molecular weight is 287 g/mol. The van der Waals surface area contributed by atoms with Crippen LogP contribution in [0.2, 0.25) is 0 Å². The van der Waals surface area contributed by atoms with E-state index in [1.54, 1.807) is 12.1 Å². The van der Waals surface area contributed by atoms with Crippen LogP contribution in [0, 0.1) is 5.92 Å². The van der Waals surface area contributed by atoms with Crippen LogP contribution in [0.3, 0.4) is 0 Å². The minimum atomic E-state index is -4.63. The van der Waals surface area contributed by atoms with Crippen LogP contribution in [0.5, 0.6) is 5.75 Å². The molecular formula is C15H20F3NO. The van der Waals surface area contributed by atoms with Crippen molar-refractivity contribution in [1.29, 1.82) is 0 Å². The van der Waals surface area contributed by atoms with Crippen LogP contribution in [0.25, 0.3) is 0 Å². The first-order valence-electron chi connectivity index (χ1n) is 7.07. The normalized spacial score (nSPS) is 17.0. The molecule has 2 rings (SSSR count). The summed E-state index contributed by atoms with van der Waals surface area (Å²) in [6.07, 6.45) is 0.208. The van der Waals surface area contributed by atoms with Gasteiger partial charge in [-0.2, -0.15) is 0 Å². The van der Waals surface area contributed by atoms with Crippen molar-refractivity contribution in [3.05, 3.63) is 29.8 Å². The summed E-state index contributed by atoms with van der Waals surface area (Å²) in [4.78, 5) is 0. The lowest BCUT2D eigenvalue weighted by Gasteiger charge is -2.19. The molecule has 1 aliphatic rings. The predicted molar refractivity (Wildman–Crippen MR) is 71.5 cm³/mol. The van der Waals surface area contributed by atoms with E-state index in [0.717, 1.165) is 24.4 Å². The summed E-state index contributed by atoms with van der Waals surface area (Å²) in [6.45, 7) is 2.88. The average Bonchev–Trinajstić information content (AvgIpc) is 3.18. The molecule has 1 unspecified atom stereocenters. The Morgan fingerprint density at radius 3 is 2.40 bits per heavy atom. The molecule has 1 aromatic rings. The van der Waals surface area contributed by atoms with Crippen LogP contribution < -0.4 is 10.1 Å². The zero-order valence-electron chi connectivity index (χ0n) is 11.5. The fourth-order valence-corrected chi connectivity index (χ4v) is 2.34. The highest BCUT2D eigenvalue weighted by molar-refractivity contribution is 5.29. The molecule has 0 bridgehead atoms. The molecule has 0 aliphatic heterocycles. The van der Waals surface area contributed by atoms with Gasteiger partial charge in [0.1, 0.15) is 5.75 Å². The van der Waals surface area contributed by atoms with Crippen molar-refractivity contribution in [2.24, 2.45) is 5.92 Å². The number of hydrogen-bond acceptors (Lipinski definition) is 2. The Morgan fingerprint density at radius 2 is 1.90 bits per heavy atom. The second-order valence-corrected chi connectivity index (χ2v) is 5.25. The van der Waals surface area contributed by atoms with Gasteiger partial charge in [-0.15, -0.1) is 13.2 Å². The highest BCUT2D eigenvalue weighted by Gasteiger charge is 2.31. The quantitative estimate of drug-likeness (QED) is 0.801. The zero-order valence-corrected chi connectivity index (χ0v) is 11.5. The maximum atomic E-state index is 12.1. The summed E-state index contributed by atoms with van der Waals surface area (Å²) >= 11 is 0. The Balaban J connectivity index is 1.96. The third-order valence-corrected chi connectivity index (χ3v) is 3.53. The molecule has 0 heterocycles. The van der Waals surface area contributed by atoms with Crippen molar-refractivity contribution >= 4 is 0 Å². The maximum absolute atomic E-state index is 12.1. The van der Waals surface area contributed by atoms with Gasteiger partial charge in [-0.25, -0.2) is 0 Å². The Labute approximate surface area is 117 Å². The first-order chi connectivity index (χ1) is 9.48. The van der Waals surface area contributed by atoms with Gasteiger partial charge in [0.15, 0.2) is 0 Å². The fourth-order valence-electron chi connectivity index (χ4n) is 2.34. The lowest BCUT2D eigenvalue weighted by Crippen LogP contribution is -2.21. The van der Waals surface area contributed by atoms with Crippen LogP contribution in [0.4, 0.5) is 13.2 Å². The van der Waals surface area contributed by atoms with Crippen LogP contribution in [0.1, 0.15) is 44.2 Å². The van der Waals surface area contributed by atoms with E-state index in [1.165, 1.54) is 31.4 Å². The maximum Gasteiger partial charge on any atom is 0.573 e. The van der Waals surface area contributed by atoms with Crippen molar-refractivity contribution < 1.29 is 17.9 Å². The lowest BCUT2D eigenvalue weighted by atomic mass is 10.0. The lowest BCUT2D eigenvalue weighted by molar-refractivity contribution is -0.274. The third kappa shape index (κ3) is 5.04. The number of benzene rings is 1. The molecule has 0 aromatic heterocycles. The zero-order chi connectivity index (χ0) is 14.6. The molecule has 1 atom stereocenters. The van der Waals surface area contributed by atoms with Gasteiger partial charge < -0.3 is 10.1 Å². The van der Waals surface area contributed by atoms with Crippen LogP contribution in [-0.2, 0) is 0 Å². The topological polar surface area (TPSA) is 21.3 Å². The SMILES string of the molecule is CCNC(CCC1CC1)c1ccc(OC(F)(F)F)cc1. The van der Waals surface area contributed by atoms with Crippen molar-refractivity contribution in [3.63, 3.8) is 0 Å². The number of ether oxygens (including phenoxy) is 1. The Kier molecular flexibility index (Phi) is 4.91. The Morgan fingerprint density at radius 1 is 1.25 bits per heavy atom. The molecule has 1 N–H and O–H groups in total. The number of rotatable bonds is 7. The van der Waals surface area contributed by atoms with Crippen LogP contribution in [-0.4, -0.2) is 12.9 Å². The molecule has 20 heavy (non-hydrogen) atoms. The summed E-state index contributed by atoms with van der Waals surface area (Å²) in [5.41, 5.74) is 1.02. The summed E-state index contributed by atoms with van der Waals surface area (Å²) in [7, 11) is 0. The fraction of sp³-hybridized carbons (Fsp3) is 0.600. The van der Waals surface area contributed by atoms with Gasteiger partial charge >= 0.3 is 6.36 Å². The molecule has 0 spiro atoms. The van der Waals surface area contributed by atoms with Gasteiger partial charge in [0.25, 0.3) is 0 Å². The van der Waals surface area contributed by atoms with Gasteiger partial charge in [-0.3, -0.25) is 0 Å². The van der Waals surface area contributed by atoms with Gasteiger partial charge in [0.05, 0.1) is 0 Å². The molecule has 0 radical (unpaired) electrons. The minimum absolute atomic E-state index is 0.168. The van der Waals surface area contributed by atoms with E-state index in [2.05, 4.69) is 10.1 Å². The van der Waals surface area contributed by atoms with E-state index in [9.17, 15) is 13.2 Å². The third-order valence-electron chi connectivity index (χ3n) is 3.53. The molecule has 1 aliphatic carbocycles. The highest BCUT2D eigenvalue weighted by atomic mass is 19.4. The monoisotopic (exact) mass is 287 g/mol. The summed E-state index contributed by atoms with van der Waals surface area (Å²) in [6, 6.07) is 6.39. The highest BCUT2D eigenvalue weighted by Crippen LogP contribution is 2.36. The van der Waals surface area contributed by atoms with Crippen LogP contribution in [0.15, 0.2) is 24.3 Å². The second kappa shape index (κ2) is 6.48. The van der Waals surface area contributed by atoms with Crippen molar-refractivity contribution in [3.8, 4) is 5.75 Å². The smallest absolute Gasteiger partial charge is 0.406 e. The van der Waals surface area contributed by atoms with Gasteiger partial charge in [0.2, 0.25) is 0 Å². The van der Waals surface area contributed by atoms with E-state index >= 15 is 0 Å². The number of nitrogens with one attached hydrogen (secondary N) is 1. The predicted octanol–water partition coefficient (Wildman–Crippen LogP) is 4.43. The molecule has 0 saturated heterocycles. The molecule has 1 fully saturated rings. The molecule has 0 amide bonds. The molecule has 5 heteroatoms. The second-order valence-electron chi connectivity index (χ2n) is 5.25. The summed E-state index contributed by atoms with van der Waals surface area (Å²) in [5.74, 6) is 0.683. The number of hydrogen-bond donors (Lipinski definition) is 1. The van der Waals surface area contributed by atoms with E-state index in [-0.39, 0.29) is 11.8 Å². The molecule has 1 saturated carbocycles. The molecule has 112 valence electrons. The van der Waals surface area contributed by atoms with Crippen molar-refractivity contribution in [2.75, 3.05) is 6.54 Å². The molecular weight excluding hydrogens is 267 g/mol. The first-order valence-corrected chi connectivity index (χ1v) is 7.07. The molecule has 2 nitrogen and oxygen atoms in total. The van der Waals surface area contributed by atoms with Gasteiger partial charge in [0, 0.05) is 6.04 Å². The van der Waals surface area contributed by atoms with Crippen molar-refractivity contribution in [1.82, 2.24) is 5.32 Å². The van der Waals surface area contributed by atoms with E-state index in [1.807, 2.05) is 6.92 Å². The summed E-state index contributed by atoms with van der Waals surface area (Å²) < 4.78 is 40.2. The van der Waals surface area contributed by atoms with E-state index < -0.39 is 6.36 Å². The van der Waals surface area contributed by atoms with E-state index in [0.29, 0.717) is 0 Å². The molecule has 1 aromatic carbocycles. The Bertz CT molecular complexity index is 412. The largest absolute Gasteiger partial charge is 0.573 e. The van der Waals surface area contributed by atoms with Gasteiger partial charge in [-0.05, 0) is 43.0 Å². The van der Waals surface area contributed by atoms with Crippen molar-refractivity contribution in [2.45, 2.75) is 45.0 Å². The first kappa shape index (κ1) is 15.2. The van der Waals surface area contributed by atoms with E-state index in [4.69, 9.17) is 0 Å². The minimum Gasteiger partial charge on any atom is -0.406 e. The summed E-state index contributed by atoms with van der Waals surface area (Å²) in [5, 5.41) is 3.39. The van der Waals surface area contributed by atoms with Crippen LogP contribution >= 0.6 is 0 Å². The number of halogens is 3. The standard InChI is InChI=1S/C15H20F3NO/c1-2-19-14(10-5-11-3-4-11)12-6-8-13(9-7-12)20-15(16,17)18/h6-9,11,14,19H,2-5,10H2,1H3.